The minimum Gasteiger partial charge on any atom is -0.367 e. The van der Waals surface area contributed by atoms with Crippen molar-refractivity contribution in [2.75, 3.05) is 6.54 Å². The molecule has 1 saturated heterocycles. The molecular weight excluding hydrogens is 278 g/mol. The second-order valence-electron chi connectivity index (χ2n) is 6.99. The van der Waals surface area contributed by atoms with Crippen molar-refractivity contribution in [1.82, 2.24) is 4.90 Å². The van der Waals surface area contributed by atoms with Gasteiger partial charge in [0.25, 0.3) is 11.8 Å². The Balaban J connectivity index is 1.50. The quantitative estimate of drug-likeness (QED) is 0.598. The number of nitrogens with zero attached hydrogens (tertiary/aromatic N) is 1. The maximum absolute atomic E-state index is 12.3. The molecule has 0 radical (unpaired) electrons. The number of hydrogen-bond acceptors (Lipinski definition) is 3. The summed E-state index contributed by atoms with van der Waals surface area (Å²) >= 11 is 0. The number of rotatable bonds is 6. The Labute approximate surface area is 131 Å². The van der Waals surface area contributed by atoms with Crippen molar-refractivity contribution in [1.29, 1.82) is 0 Å². The summed E-state index contributed by atoms with van der Waals surface area (Å²) in [5.41, 5.74) is 1.11. The number of benzene rings is 1. The number of amides is 2. The SMILES string of the molecule is CC(CCC1OC1(C)C)CCN1C(=O)c2ccccc2C1=O. The summed E-state index contributed by atoms with van der Waals surface area (Å²) in [7, 11) is 0. The molecule has 1 fully saturated rings. The second kappa shape index (κ2) is 5.51. The summed E-state index contributed by atoms with van der Waals surface area (Å²) in [5.74, 6) is 0.170. The molecule has 4 nitrogen and oxygen atoms in total. The van der Waals surface area contributed by atoms with E-state index in [4.69, 9.17) is 4.74 Å². The van der Waals surface area contributed by atoms with Gasteiger partial charge in [-0.15, -0.1) is 0 Å². The van der Waals surface area contributed by atoms with Crippen molar-refractivity contribution in [3.63, 3.8) is 0 Å². The standard InChI is InChI=1S/C18H23NO3/c1-12(8-9-15-18(2,3)22-15)10-11-19-16(20)13-6-4-5-7-14(13)17(19)21/h4-7,12,15H,8-11H2,1-3H3. The van der Waals surface area contributed by atoms with Crippen LogP contribution < -0.4 is 0 Å². The zero-order valence-electron chi connectivity index (χ0n) is 13.5. The van der Waals surface area contributed by atoms with Crippen LogP contribution in [0, 0.1) is 5.92 Å². The third kappa shape index (κ3) is 2.80. The van der Waals surface area contributed by atoms with Gasteiger partial charge in [0, 0.05) is 6.54 Å². The van der Waals surface area contributed by atoms with E-state index in [2.05, 4.69) is 20.8 Å². The molecule has 22 heavy (non-hydrogen) atoms. The summed E-state index contributed by atoms with van der Waals surface area (Å²) in [6.07, 6.45) is 3.33. The molecule has 3 rings (SSSR count). The maximum Gasteiger partial charge on any atom is 0.261 e. The van der Waals surface area contributed by atoms with Gasteiger partial charge in [0.05, 0.1) is 22.8 Å². The van der Waals surface area contributed by atoms with Crippen molar-refractivity contribution in [2.24, 2.45) is 5.92 Å². The van der Waals surface area contributed by atoms with E-state index in [0.717, 1.165) is 19.3 Å². The van der Waals surface area contributed by atoms with Crippen LogP contribution in [0.25, 0.3) is 0 Å². The molecular formula is C18H23NO3. The first kappa shape index (κ1) is 15.2. The Morgan fingerprint density at radius 1 is 1.14 bits per heavy atom. The largest absolute Gasteiger partial charge is 0.367 e. The zero-order chi connectivity index (χ0) is 15.9. The molecule has 0 N–H and O–H groups in total. The molecule has 1 aromatic carbocycles. The van der Waals surface area contributed by atoms with E-state index in [1.807, 2.05) is 0 Å². The summed E-state index contributed by atoms with van der Waals surface area (Å²) in [6.45, 7) is 6.90. The molecule has 2 aliphatic rings. The molecule has 2 amide bonds. The molecule has 0 bridgehead atoms. The Morgan fingerprint density at radius 3 is 2.18 bits per heavy atom. The lowest BCUT2D eigenvalue weighted by molar-refractivity contribution is 0.0645. The summed E-state index contributed by atoms with van der Waals surface area (Å²) in [4.78, 5) is 25.9. The predicted octanol–water partition coefficient (Wildman–Crippen LogP) is 3.27. The van der Waals surface area contributed by atoms with Crippen LogP contribution in [-0.2, 0) is 4.74 Å². The minimum absolute atomic E-state index is 0.0439. The fourth-order valence-corrected chi connectivity index (χ4v) is 3.11. The molecule has 2 heterocycles. The van der Waals surface area contributed by atoms with Crippen molar-refractivity contribution in [2.45, 2.75) is 51.7 Å². The lowest BCUT2D eigenvalue weighted by atomic mass is 9.97. The van der Waals surface area contributed by atoms with Crippen LogP contribution in [0.1, 0.15) is 60.7 Å². The summed E-state index contributed by atoms with van der Waals surface area (Å²) in [6, 6.07) is 7.05. The van der Waals surface area contributed by atoms with E-state index in [9.17, 15) is 9.59 Å². The van der Waals surface area contributed by atoms with Crippen LogP contribution in [0.15, 0.2) is 24.3 Å². The fourth-order valence-electron chi connectivity index (χ4n) is 3.11. The second-order valence-corrected chi connectivity index (χ2v) is 6.99. The highest BCUT2D eigenvalue weighted by molar-refractivity contribution is 6.21. The van der Waals surface area contributed by atoms with Gasteiger partial charge >= 0.3 is 0 Å². The van der Waals surface area contributed by atoms with Crippen molar-refractivity contribution in [3.8, 4) is 0 Å². The predicted molar refractivity (Wildman–Crippen MR) is 83.8 cm³/mol. The normalized spacial score (nSPS) is 23.6. The molecule has 118 valence electrons. The number of imide groups is 1. The third-order valence-corrected chi connectivity index (χ3v) is 4.81. The first-order valence-corrected chi connectivity index (χ1v) is 8.03. The van der Waals surface area contributed by atoms with Crippen LogP contribution in [0.4, 0.5) is 0 Å². The Morgan fingerprint density at radius 2 is 1.68 bits per heavy atom. The van der Waals surface area contributed by atoms with Gasteiger partial charge in [-0.1, -0.05) is 19.1 Å². The molecule has 0 spiro atoms. The molecule has 4 heteroatoms. The lowest BCUT2D eigenvalue weighted by Gasteiger charge is -2.17. The van der Waals surface area contributed by atoms with Crippen LogP contribution in [-0.4, -0.2) is 35.0 Å². The molecule has 0 saturated carbocycles. The Bertz CT molecular complexity index is 573. The fraction of sp³-hybridized carbons (Fsp3) is 0.556. The van der Waals surface area contributed by atoms with E-state index >= 15 is 0 Å². The Hall–Kier alpha value is -1.68. The van der Waals surface area contributed by atoms with Gasteiger partial charge in [-0.05, 0) is 51.2 Å². The van der Waals surface area contributed by atoms with Crippen molar-refractivity contribution in [3.05, 3.63) is 35.4 Å². The van der Waals surface area contributed by atoms with Gasteiger partial charge in [-0.25, -0.2) is 0 Å². The van der Waals surface area contributed by atoms with Crippen molar-refractivity contribution >= 4 is 11.8 Å². The van der Waals surface area contributed by atoms with E-state index in [1.54, 1.807) is 24.3 Å². The van der Waals surface area contributed by atoms with Crippen LogP contribution in [0.5, 0.6) is 0 Å². The van der Waals surface area contributed by atoms with Gasteiger partial charge in [-0.2, -0.15) is 0 Å². The molecule has 0 aromatic heterocycles. The number of carbonyl (C=O) groups excluding carboxylic acids is 2. The van der Waals surface area contributed by atoms with Crippen LogP contribution in [0.3, 0.4) is 0 Å². The number of ether oxygens (including phenoxy) is 1. The Kier molecular flexibility index (Phi) is 3.81. The third-order valence-electron chi connectivity index (χ3n) is 4.81. The van der Waals surface area contributed by atoms with Gasteiger partial charge in [0.15, 0.2) is 0 Å². The van der Waals surface area contributed by atoms with Gasteiger partial charge < -0.3 is 4.74 Å². The molecule has 2 unspecified atom stereocenters. The highest BCUT2D eigenvalue weighted by atomic mass is 16.6. The molecule has 2 atom stereocenters. The molecule has 1 aromatic rings. The molecule has 0 aliphatic carbocycles. The number of epoxide rings is 1. The minimum atomic E-state index is -0.153. The highest BCUT2D eigenvalue weighted by Crippen LogP contribution is 2.39. The van der Waals surface area contributed by atoms with E-state index in [0.29, 0.717) is 29.7 Å². The van der Waals surface area contributed by atoms with Gasteiger partial charge in [-0.3, -0.25) is 14.5 Å². The van der Waals surface area contributed by atoms with Gasteiger partial charge in [0.2, 0.25) is 0 Å². The van der Waals surface area contributed by atoms with Crippen LogP contribution in [0.2, 0.25) is 0 Å². The summed E-state index contributed by atoms with van der Waals surface area (Å²) in [5, 5.41) is 0. The number of carbonyl (C=O) groups is 2. The average Bonchev–Trinajstić information content (AvgIpc) is 3.03. The maximum atomic E-state index is 12.3. The van der Waals surface area contributed by atoms with E-state index < -0.39 is 0 Å². The highest BCUT2D eigenvalue weighted by Gasteiger charge is 2.47. The lowest BCUT2D eigenvalue weighted by Crippen LogP contribution is -2.31. The first-order valence-electron chi connectivity index (χ1n) is 8.03. The van der Waals surface area contributed by atoms with E-state index in [-0.39, 0.29) is 17.4 Å². The number of fused-ring (bicyclic) bond motifs is 1. The van der Waals surface area contributed by atoms with Gasteiger partial charge in [0.1, 0.15) is 0 Å². The first-order chi connectivity index (χ1) is 10.4. The van der Waals surface area contributed by atoms with Crippen LogP contribution >= 0.6 is 0 Å². The monoisotopic (exact) mass is 301 g/mol. The van der Waals surface area contributed by atoms with Crippen molar-refractivity contribution < 1.29 is 14.3 Å². The smallest absolute Gasteiger partial charge is 0.261 e. The number of hydrogen-bond donors (Lipinski definition) is 0. The zero-order valence-corrected chi connectivity index (χ0v) is 13.5. The molecule has 2 aliphatic heterocycles. The average molecular weight is 301 g/mol. The summed E-state index contributed by atoms with van der Waals surface area (Å²) < 4.78 is 5.59. The van der Waals surface area contributed by atoms with E-state index in [1.165, 1.54) is 4.90 Å². The topological polar surface area (TPSA) is 49.9 Å².